The molecule has 1 saturated heterocycles. The number of ether oxygens (including phenoxy) is 2. The van der Waals surface area contributed by atoms with Gasteiger partial charge in [-0.25, -0.2) is 4.79 Å². The number of nitro benzene ring substituents is 1. The Morgan fingerprint density at radius 3 is 2.90 bits per heavy atom. The van der Waals surface area contributed by atoms with E-state index >= 15 is 0 Å². The second-order valence-electron chi connectivity index (χ2n) is 4.24. The molecule has 8 heteroatoms. The van der Waals surface area contributed by atoms with Gasteiger partial charge < -0.3 is 19.9 Å². The summed E-state index contributed by atoms with van der Waals surface area (Å²) in [5.74, 6) is -1.15. The van der Waals surface area contributed by atoms with E-state index in [0.717, 1.165) is 6.07 Å². The third kappa shape index (κ3) is 3.43. The number of anilines is 1. The fraction of sp³-hybridized carbons (Fsp3) is 0.417. The van der Waals surface area contributed by atoms with Gasteiger partial charge in [0.15, 0.2) is 0 Å². The lowest BCUT2D eigenvalue weighted by Gasteiger charge is -2.23. The molecule has 8 nitrogen and oxygen atoms in total. The SMILES string of the molecule is O=C(O)c1ccc([N+](=O)[O-])cc1NCC1COCCO1. The fourth-order valence-electron chi connectivity index (χ4n) is 1.86. The molecule has 0 aliphatic carbocycles. The number of carboxylic acids is 1. The first kappa shape index (κ1) is 14.2. The normalized spacial score (nSPS) is 18.5. The molecular weight excluding hydrogens is 268 g/mol. The minimum absolute atomic E-state index is 0.0210. The van der Waals surface area contributed by atoms with E-state index < -0.39 is 10.9 Å². The molecule has 1 heterocycles. The highest BCUT2D eigenvalue weighted by Crippen LogP contribution is 2.23. The van der Waals surface area contributed by atoms with Gasteiger partial charge in [-0.1, -0.05) is 0 Å². The van der Waals surface area contributed by atoms with Crippen LogP contribution in [0.25, 0.3) is 0 Å². The first-order chi connectivity index (χ1) is 9.58. The summed E-state index contributed by atoms with van der Waals surface area (Å²) in [7, 11) is 0. The highest BCUT2D eigenvalue weighted by atomic mass is 16.6. The Hall–Kier alpha value is -2.19. The smallest absolute Gasteiger partial charge is 0.337 e. The van der Waals surface area contributed by atoms with E-state index in [1.54, 1.807) is 0 Å². The maximum Gasteiger partial charge on any atom is 0.337 e. The zero-order chi connectivity index (χ0) is 14.5. The number of carboxylic acid groups (broad SMARTS) is 1. The van der Waals surface area contributed by atoms with Crippen molar-refractivity contribution in [3.63, 3.8) is 0 Å². The van der Waals surface area contributed by atoms with Crippen molar-refractivity contribution < 1.29 is 24.3 Å². The molecule has 1 unspecified atom stereocenters. The molecule has 0 bridgehead atoms. The van der Waals surface area contributed by atoms with Crippen molar-refractivity contribution in [2.24, 2.45) is 0 Å². The van der Waals surface area contributed by atoms with Gasteiger partial charge in [0.25, 0.3) is 5.69 Å². The molecule has 1 aliphatic heterocycles. The lowest BCUT2D eigenvalue weighted by Crippen LogP contribution is -2.34. The van der Waals surface area contributed by atoms with Crippen LogP contribution < -0.4 is 5.32 Å². The lowest BCUT2D eigenvalue weighted by molar-refractivity contribution is -0.384. The van der Waals surface area contributed by atoms with Gasteiger partial charge in [0, 0.05) is 18.7 Å². The number of hydrogen-bond acceptors (Lipinski definition) is 6. The Bertz CT molecular complexity index is 513. The summed E-state index contributed by atoms with van der Waals surface area (Å²) in [6.07, 6.45) is -0.204. The highest BCUT2D eigenvalue weighted by Gasteiger charge is 2.18. The molecule has 1 aromatic carbocycles. The van der Waals surface area contributed by atoms with E-state index in [4.69, 9.17) is 14.6 Å². The predicted octanol–water partition coefficient (Wildman–Crippen LogP) is 1.12. The van der Waals surface area contributed by atoms with Crippen LogP contribution in [0, 0.1) is 10.1 Å². The molecule has 0 amide bonds. The Kier molecular flexibility index (Phi) is 4.49. The Balaban J connectivity index is 2.12. The van der Waals surface area contributed by atoms with Crippen molar-refractivity contribution in [2.75, 3.05) is 31.7 Å². The predicted molar refractivity (Wildman–Crippen MR) is 69.1 cm³/mol. The van der Waals surface area contributed by atoms with Gasteiger partial charge in [0.2, 0.25) is 0 Å². The van der Waals surface area contributed by atoms with Gasteiger partial charge in [0.05, 0.1) is 42.1 Å². The number of aromatic carboxylic acids is 1. The van der Waals surface area contributed by atoms with Crippen molar-refractivity contribution in [3.8, 4) is 0 Å². The summed E-state index contributed by atoms with van der Waals surface area (Å²) >= 11 is 0. The van der Waals surface area contributed by atoms with Crippen LogP contribution in [0.5, 0.6) is 0 Å². The highest BCUT2D eigenvalue weighted by molar-refractivity contribution is 5.94. The van der Waals surface area contributed by atoms with Gasteiger partial charge >= 0.3 is 5.97 Å². The molecule has 1 atom stereocenters. The maximum absolute atomic E-state index is 11.1. The minimum Gasteiger partial charge on any atom is -0.478 e. The van der Waals surface area contributed by atoms with Gasteiger partial charge in [0.1, 0.15) is 0 Å². The van der Waals surface area contributed by atoms with Crippen molar-refractivity contribution in [1.82, 2.24) is 0 Å². The molecular formula is C12H14N2O6. The summed E-state index contributed by atoms with van der Waals surface area (Å²) in [5.41, 5.74) is 0.00603. The lowest BCUT2D eigenvalue weighted by atomic mass is 10.1. The van der Waals surface area contributed by atoms with Crippen molar-refractivity contribution in [1.29, 1.82) is 0 Å². The summed E-state index contributed by atoms with van der Waals surface area (Å²) in [6.45, 7) is 1.74. The summed E-state index contributed by atoms with van der Waals surface area (Å²) in [5, 5.41) is 22.7. The molecule has 20 heavy (non-hydrogen) atoms. The molecule has 1 aliphatic rings. The van der Waals surface area contributed by atoms with Crippen LogP contribution in [-0.2, 0) is 9.47 Å². The van der Waals surface area contributed by atoms with Crippen LogP contribution in [0.15, 0.2) is 18.2 Å². The fourth-order valence-corrected chi connectivity index (χ4v) is 1.86. The Morgan fingerprint density at radius 2 is 2.30 bits per heavy atom. The van der Waals surface area contributed by atoms with Gasteiger partial charge in [-0.15, -0.1) is 0 Å². The number of non-ortho nitro benzene ring substituents is 1. The second kappa shape index (κ2) is 6.31. The summed E-state index contributed by atoms with van der Waals surface area (Å²) in [6, 6.07) is 3.57. The van der Waals surface area contributed by atoms with E-state index in [2.05, 4.69) is 5.32 Å². The van der Waals surface area contributed by atoms with Crippen LogP contribution in [0.3, 0.4) is 0 Å². The Labute approximate surface area is 114 Å². The zero-order valence-electron chi connectivity index (χ0n) is 10.6. The van der Waals surface area contributed by atoms with Crippen LogP contribution in [-0.4, -0.2) is 48.5 Å². The molecule has 0 spiro atoms. The molecule has 0 aromatic heterocycles. The van der Waals surface area contributed by atoms with E-state index in [1.165, 1.54) is 12.1 Å². The first-order valence-corrected chi connectivity index (χ1v) is 6.03. The largest absolute Gasteiger partial charge is 0.478 e. The van der Waals surface area contributed by atoms with Gasteiger partial charge in [-0.05, 0) is 6.07 Å². The number of nitrogens with one attached hydrogen (secondary N) is 1. The van der Waals surface area contributed by atoms with Crippen LogP contribution >= 0.6 is 0 Å². The van der Waals surface area contributed by atoms with E-state index in [1.807, 2.05) is 0 Å². The van der Waals surface area contributed by atoms with Crippen LogP contribution in [0.2, 0.25) is 0 Å². The summed E-state index contributed by atoms with van der Waals surface area (Å²) < 4.78 is 10.6. The van der Waals surface area contributed by atoms with Crippen molar-refractivity contribution >= 4 is 17.3 Å². The Morgan fingerprint density at radius 1 is 1.50 bits per heavy atom. The standard InChI is InChI=1S/C12H14N2O6/c15-12(16)10-2-1-8(14(17)18)5-11(10)13-6-9-7-19-3-4-20-9/h1-2,5,9,13H,3-4,6-7H2,(H,15,16). The van der Waals surface area contributed by atoms with E-state index in [0.29, 0.717) is 26.4 Å². The van der Waals surface area contributed by atoms with Crippen molar-refractivity contribution in [2.45, 2.75) is 6.10 Å². The number of nitrogens with zero attached hydrogens (tertiary/aromatic N) is 1. The third-order valence-corrected chi connectivity index (χ3v) is 2.85. The van der Waals surface area contributed by atoms with Crippen LogP contribution in [0.4, 0.5) is 11.4 Å². The molecule has 1 fully saturated rings. The minimum atomic E-state index is -1.15. The number of benzene rings is 1. The molecule has 108 valence electrons. The molecule has 2 rings (SSSR count). The first-order valence-electron chi connectivity index (χ1n) is 6.03. The van der Waals surface area contributed by atoms with Gasteiger partial charge in [-0.2, -0.15) is 0 Å². The van der Waals surface area contributed by atoms with Crippen molar-refractivity contribution in [3.05, 3.63) is 33.9 Å². The molecule has 2 N–H and O–H groups in total. The van der Waals surface area contributed by atoms with Crippen LogP contribution in [0.1, 0.15) is 10.4 Å². The number of carbonyl (C=O) groups is 1. The molecule has 0 saturated carbocycles. The average molecular weight is 282 g/mol. The van der Waals surface area contributed by atoms with Gasteiger partial charge in [-0.3, -0.25) is 10.1 Å². The quantitative estimate of drug-likeness (QED) is 0.614. The number of hydrogen-bond donors (Lipinski definition) is 2. The number of nitro groups is 1. The van der Waals surface area contributed by atoms with E-state index in [-0.39, 0.29) is 23.0 Å². The van der Waals surface area contributed by atoms with E-state index in [9.17, 15) is 14.9 Å². The average Bonchev–Trinajstić information content (AvgIpc) is 2.45. The summed E-state index contributed by atoms with van der Waals surface area (Å²) in [4.78, 5) is 21.2. The number of rotatable bonds is 5. The zero-order valence-corrected chi connectivity index (χ0v) is 10.6. The third-order valence-electron chi connectivity index (χ3n) is 2.85. The monoisotopic (exact) mass is 282 g/mol. The topological polar surface area (TPSA) is 111 Å². The molecule has 1 aromatic rings. The molecule has 0 radical (unpaired) electrons. The second-order valence-corrected chi connectivity index (χ2v) is 4.24. The maximum atomic E-state index is 11.1.